The first-order valence-corrected chi connectivity index (χ1v) is 6.20. The van der Waals surface area contributed by atoms with Gasteiger partial charge in [0.1, 0.15) is 17.2 Å². The van der Waals surface area contributed by atoms with Crippen LogP contribution in [0.25, 0.3) is 0 Å². The van der Waals surface area contributed by atoms with E-state index in [1.807, 2.05) is 0 Å². The van der Waals surface area contributed by atoms with Crippen molar-refractivity contribution in [1.82, 2.24) is 5.32 Å². The number of alkyl carbamates (subject to hydrolysis) is 1. The fourth-order valence-corrected chi connectivity index (χ4v) is 1.44. The summed E-state index contributed by atoms with van der Waals surface area (Å²) < 4.78 is 18.1. The molecule has 0 aliphatic carbocycles. The standard InChI is InChI=1S/C14H15ClFNO3/c1-14(2,3)20-13(19)17-6-4-5-9-7-10(16)8-11(15)12(9)18/h7-8,18H,6H2,1-3H3,(H,17,19). The van der Waals surface area contributed by atoms with Crippen LogP contribution >= 0.6 is 11.6 Å². The third kappa shape index (κ3) is 5.37. The Morgan fingerprint density at radius 1 is 1.50 bits per heavy atom. The number of halogens is 2. The van der Waals surface area contributed by atoms with E-state index in [-0.39, 0.29) is 22.9 Å². The van der Waals surface area contributed by atoms with E-state index < -0.39 is 17.5 Å². The Bertz CT molecular complexity index is 570. The molecule has 0 fully saturated rings. The third-order valence-corrected chi connectivity index (χ3v) is 2.26. The fraction of sp³-hybridized carbons (Fsp3) is 0.357. The van der Waals surface area contributed by atoms with Crippen LogP contribution in [-0.2, 0) is 4.74 Å². The van der Waals surface area contributed by atoms with Crippen LogP contribution in [0.2, 0.25) is 5.02 Å². The van der Waals surface area contributed by atoms with Gasteiger partial charge in [0.05, 0.1) is 17.1 Å². The molecule has 6 heteroatoms. The maximum absolute atomic E-state index is 13.1. The minimum atomic E-state index is -0.603. The van der Waals surface area contributed by atoms with E-state index in [1.165, 1.54) is 0 Å². The normalized spacial score (nSPS) is 10.4. The maximum Gasteiger partial charge on any atom is 0.408 e. The highest BCUT2D eigenvalue weighted by atomic mass is 35.5. The van der Waals surface area contributed by atoms with E-state index >= 15 is 0 Å². The molecule has 0 bridgehead atoms. The second-order valence-corrected chi connectivity index (χ2v) is 5.35. The quantitative estimate of drug-likeness (QED) is 0.784. The molecular formula is C14H15ClFNO3. The van der Waals surface area contributed by atoms with Gasteiger partial charge in [0.2, 0.25) is 0 Å². The van der Waals surface area contributed by atoms with Crippen LogP contribution in [0.15, 0.2) is 12.1 Å². The van der Waals surface area contributed by atoms with Crippen molar-refractivity contribution in [2.75, 3.05) is 6.54 Å². The molecule has 0 heterocycles. The number of phenolic OH excluding ortho intramolecular Hbond substituents is 1. The average molecular weight is 300 g/mol. The molecule has 1 rings (SSSR count). The molecule has 0 aliphatic heterocycles. The Hall–Kier alpha value is -1.93. The van der Waals surface area contributed by atoms with Crippen LogP contribution in [0.3, 0.4) is 0 Å². The number of aromatic hydroxyl groups is 1. The number of carbonyl (C=O) groups is 1. The van der Waals surface area contributed by atoms with E-state index in [4.69, 9.17) is 16.3 Å². The molecule has 20 heavy (non-hydrogen) atoms. The summed E-state index contributed by atoms with van der Waals surface area (Å²) in [5.74, 6) is 4.19. The van der Waals surface area contributed by atoms with E-state index in [2.05, 4.69) is 17.2 Å². The molecule has 0 saturated heterocycles. The summed E-state index contributed by atoms with van der Waals surface area (Å²) >= 11 is 5.61. The smallest absolute Gasteiger partial charge is 0.408 e. The number of phenols is 1. The van der Waals surface area contributed by atoms with Gasteiger partial charge in [0, 0.05) is 0 Å². The third-order valence-electron chi connectivity index (χ3n) is 1.97. The van der Waals surface area contributed by atoms with E-state index in [9.17, 15) is 14.3 Å². The predicted molar refractivity (Wildman–Crippen MR) is 74.2 cm³/mol. The predicted octanol–water partition coefficient (Wildman–Crippen LogP) is 3.06. The molecule has 108 valence electrons. The van der Waals surface area contributed by atoms with Gasteiger partial charge in [0.15, 0.2) is 0 Å². The van der Waals surface area contributed by atoms with Crippen molar-refractivity contribution in [2.24, 2.45) is 0 Å². The highest BCUT2D eigenvalue weighted by molar-refractivity contribution is 6.32. The Morgan fingerprint density at radius 3 is 2.75 bits per heavy atom. The zero-order valence-electron chi connectivity index (χ0n) is 11.4. The van der Waals surface area contributed by atoms with Crippen molar-refractivity contribution in [3.8, 4) is 17.6 Å². The molecule has 1 aromatic carbocycles. The topological polar surface area (TPSA) is 58.6 Å². The summed E-state index contributed by atoms with van der Waals surface area (Å²) in [6, 6.07) is 2.04. The van der Waals surface area contributed by atoms with E-state index in [0.717, 1.165) is 12.1 Å². The Balaban J connectivity index is 2.62. The second kappa shape index (κ2) is 6.49. The van der Waals surface area contributed by atoms with Gasteiger partial charge >= 0.3 is 6.09 Å². The first-order chi connectivity index (χ1) is 9.19. The summed E-state index contributed by atoms with van der Waals surface area (Å²) in [7, 11) is 0. The molecule has 1 aromatic rings. The lowest BCUT2D eigenvalue weighted by molar-refractivity contribution is 0.0535. The fourth-order valence-electron chi connectivity index (χ4n) is 1.23. The monoisotopic (exact) mass is 299 g/mol. The van der Waals surface area contributed by atoms with Gasteiger partial charge in [0.25, 0.3) is 0 Å². The molecule has 0 atom stereocenters. The summed E-state index contributed by atoms with van der Waals surface area (Å²) in [6.07, 6.45) is -0.603. The van der Waals surface area contributed by atoms with E-state index in [0.29, 0.717) is 0 Å². The molecule has 0 radical (unpaired) electrons. The molecular weight excluding hydrogens is 285 g/mol. The number of hydrogen-bond acceptors (Lipinski definition) is 3. The number of benzene rings is 1. The van der Waals surface area contributed by atoms with Crippen LogP contribution in [0.1, 0.15) is 26.3 Å². The van der Waals surface area contributed by atoms with Crippen LogP contribution < -0.4 is 5.32 Å². The van der Waals surface area contributed by atoms with Crippen molar-refractivity contribution in [3.05, 3.63) is 28.5 Å². The highest BCUT2D eigenvalue weighted by Crippen LogP contribution is 2.27. The molecule has 1 amide bonds. The van der Waals surface area contributed by atoms with Crippen LogP contribution in [0, 0.1) is 17.7 Å². The molecule has 0 aliphatic rings. The molecule has 2 N–H and O–H groups in total. The lowest BCUT2D eigenvalue weighted by Gasteiger charge is -2.19. The first kappa shape index (κ1) is 16.1. The van der Waals surface area contributed by atoms with Crippen molar-refractivity contribution >= 4 is 17.7 Å². The van der Waals surface area contributed by atoms with Gasteiger partial charge in [-0.05, 0) is 32.9 Å². The summed E-state index contributed by atoms with van der Waals surface area (Å²) in [4.78, 5) is 11.3. The van der Waals surface area contributed by atoms with Crippen LogP contribution in [-0.4, -0.2) is 23.3 Å². The lowest BCUT2D eigenvalue weighted by Crippen LogP contribution is -2.32. The summed E-state index contributed by atoms with van der Waals surface area (Å²) in [6.45, 7) is 5.23. The van der Waals surface area contributed by atoms with Crippen molar-refractivity contribution in [1.29, 1.82) is 0 Å². The zero-order valence-corrected chi connectivity index (χ0v) is 12.1. The van der Waals surface area contributed by atoms with Gasteiger partial charge in [-0.25, -0.2) is 9.18 Å². The van der Waals surface area contributed by atoms with Gasteiger partial charge in [-0.3, -0.25) is 0 Å². The largest absolute Gasteiger partial charge is 0.505 e. The molecule has 0 spiro atoms. The van der Waals surface area contributed by atoms with Gasteiger partial charge < -0.3 is 15.2 Å². The first-order valence-electron chi connectivity index (χ1n) is 5.83. The molecule has 0 aromatic heterocycles. The number of carbonyl (C=O) groups excluding carboxylic acids is 1. The Kier molecular flexibility index (Phi) is 5.23. The summed E-state index contributed by atoms with van der Waals surface area (Å²) in [5, 5.41) is 11.9. The van der Waals surface area contributed by atoms with Crippen molar-refractivity contribution in [2.45, 2.75) is 26.4 Å². The second-order valence-electron chi connectivity index (χ2n) is 4.94. The Labute approximate surface area is 121 Å². The number of nitrogens with one attached hydrogen (secondary N) is 1. The number of rotatable bonds is 1. The van der Waals surface area contributed by atoms with Crippen LogP contribution in [0.5, 0.6) is 5.75 Å². The Morgan fingerprint density at radius 2 is 2.15 bits per heavy atom. The SMILES string of the molecule is CC(C)(C)OC(=O)NCC#Cc1cc(F)cc(Cl)c1O. The molecule has 4 nitrogen and oxygen atoms in total. The van der Waals surface area contributed by atoms with E-state index in [1.54, 1.807) is 20.8 Å². The minimum absolute atomic E-state index is 0.00247. The molecule has 0 saturated carbocycles. The lowest BCUT2D eigenvalue weighted by atomic mass is 10.2. The number of amides is 1. The van der Waals surface area contributed by atoms with Crippen molar-refractivity contribution < 1.29 is 19.0 Å². The number of hydrogen-bond donors (Lipinski definition) is 2. The average Bonchev–Trinajstić information content (AvgIpc) is 2.28. The maximum atomic E-state index is 13.1. The highest BCUT2D eigenvalue weighted by Gasteiger charge is 2.15. The van der Waals surface area contributed by atoms with Crippen LogP contribution in [0.4, 0.5) is 9.18 Å². The zero-order chi connectivity index (χ0) is 15.3. The van der Waals surface area contributed by atoms with Gasteiger partial charge in [-0.2, -0.15) is 0 Å². The summed E-state index contributed by atoms with van der Waals surface area (Å²) in [5.41, 5.74) is -0.535. The van der Waals surface area contributed by atoms with Gasteiger partial charge in [-0.15, -0.1) is 0 Å². The van der Waals surface area contributed by atoms with Gasteiger partial charge in [-0.1, -0.05) is 23.4 Å². The number of ether oxygens (including phenoxy) is 1. The molecule has 0 unspecified atom stereocenters. The van der Waals surface area contributed by atoms with Crippen molar-refractivity contribution in [3.63, 3.8) is 0 Å². The minimum Gasteiger partial charge on any atom is -0.505 e.